The first-order chi connectivity index (χ1) is 12.7. The molecule has 26 heavy (non-hydrogen) atoms. The summed E-state index contributed by atoms with van der Waals surface area (Å²) in [6.07, 6.45) is 2.29. The van der Waals surface area contributed by atoms with Crippen molar-refractivity contribution in [3.05, 3.63) is 71.9 Å². The van der Waals surface area contributed by atoms with Crippen LogP contribution in [-0.2, 0) is 6.42 Å². The lowest BCUT2D eigenvalue weighted by molar-refractivity contribution is 0.410. The smallest absolute Gasteiger partial charge is 0.224 e. The molecule has 1 heterocycles. The molecule has 0 bridgehead atoms. The molecule has 1 aromatic heterocycles. The fourth-order valence-corrected chi connectivity index (χ4v) is 2.46. The minimum atomic E-state index is -0.686. The van der Waals surface area contributed by atoms with Crippen LogP contribution < -0.4 is 15.4 Å². The molecular formula is C19H18F2N4O. The quantitative estimate of drug-likeness (QED) is 0.666. The zero-order valence-corrected chi connectivity index (χ0v) is 14.2. The average Bonchev–Trinajstić information content (AvgIpc) is 2.65. The minimum Gasteiger partial charge on any atom is -0.496 e. The van der Waals surface area contributed by atoms with Crippen LogP contribution in [0.5, 0.6) is 5.75 Å². The van der Waals surface area contributed by atoms with Crippen molar-refractivity contribution in [2.75, 3.05) is 24.3 Å². The van der Waals surface area contributed by atoms with Gasteiger partial charge >= 0.3 is 0 Å². The molecule has 0 unspecified atom stereocenters. The summed E-state index contributed by atoms with van der Waals surface area (Å²) < 4.78 is 32.0. The summed E-state index contributed by atoms with van der Waals surface area (Å²) in [5.41, 5.74) is 1.22. The number of methoxy groups -OCH3 is 1. The number of halogens is 2. The summed E-state index contributed by atoms with van der Waals surface area (Å²) in [6, 6.07) is 12.7. The third-order valence-corrected chi connectivity index (χ3v) is 3.72. The van der Waals surface area contributed by atoms with Gasteiger partial charge in [-0.1, -0.05) is 18.2 Å². The highest BCUT2D eigenvalue weighted by atomic mass is 19.1. The van der Waals surface area contributed by atoms with Gasteiger partial charge in [0.05, 0.1) is 12.8 Å². The van der Waals surface area contributed by atoms with Gasteiger partial charge in [-0.05, 0) is 36.2 Å². The number of nitrogens with zero attached hydrogens (tertiary/aromatic N) is 2. The van der Waals surface area contributed by atoms with E-state index in [9.17, 15) is 8.78 Å². The Morgan fingerprint density at radius 3 is 2.73 bits per heavy atom. The van der Waals surface area contributed by atoms with E-state index in [2.05, 4.69) is 20.6 Å². The van der Waals surface area contributed by atoms with Crippen molar-refractivity contribution >= 4 is 17.5 Å². The Morgan fingerprint density at radius 1 is 1.08 bits per heavy atom. The van der Waals surface area contributed by atoms with Crippen molar-refractivity contribution in [3.8, 4) is 5.75 Å². The van der Waals surface area contributed by atoms with Crippen LogP contribution >= 0.6 is 0 Å². The third-order valence-electron chi connectivity index (χ3n) is 3.72. The summed E-state index contributed by atoms with van der Waals surface area (Å²) in [5.74, 6) is 0.332. The molecule has 0 aliphatic rings. The zero-order valence-electron chi connectivity index (χ0n) is 14.2. The summed E-state index contributed by atoms with van der Waals surface area (Å²) in [5, 5.41) is 5.94. The van der Waals surface area contributed by atoms with Gasteiger partial charge in [0.2, 0.25) is 5.95 Å². The minimum absolute atomic E-state index is 0.144. The van der Waals surface area contributed by atoms with Gasteiger partial charge in [-0.3, -0.25) is 0 Å². The molecule has 5 nitrogen and oxygen atoms in total. The topological polar surface area (TPSA) is 59.1 Å². The lowest BCUT2D eigenvalue weighted by Crippen LogP contribution is -2.09. The van der Waals surface area contributed by atoms with Crippen LogP contribution in [0, 0.1) is 11.6 Å². The SMILES string of the molecule is COc1ccccc1CCNc1nccc(Nc2ccc(F)cc2F)n1. The molecule has 0 aliphatic carbocycles. The maximum atomic E-state index is 13.7. The Hall–Kier alpha value is -3.22. The van der Waals surface area contributed by atoms with Gasteiger partial charge in [0.1, 0.15) is 23.2 Å². The van der Waals surface area contributed by atoms with E-state index in [0.29, 0.717) is 18.3 Å². The Kier molecular flexibility index (Phi) is 5.58. The molecule has 0 fully saturated rings. The van der Waals surface area contributed by atoms with Crippen LogP contribution in [-0.4, -0.2) is 23.6 Å². The second-order valence-corrected chi connectivity index (χ2v) is 5.50. The molecule has 0 saturated carbocycles. The number of anilines is 3. The maximum absolute atomic E-state index is 13.7. The third kappa shape index (κ3) is 4.44. The molecule has 0 radical (unpaired) electrons. The molecule has 3 rings (SSSR count). The van der Waals surface area contributed by atoms with Gasteiger partial charge < -0.3 is 15.4 Å². The van der Waals surface area contributed by atoms with Crippen LogP contribution in [0.2, 0.25) is 0 Å². The molecule has 134 valence electrons. The van der Waals surface area contributed by atoms with E-state index in [-0.39, 0.29) is 5.69 Å². The number of para-hydroxylation sites is 1. The molecule has 2 N–H and O–H groups in total. The lowest BCUT2D eigenvalue weighted by atomic mass is 10.1. The predicted octanol–water partition coefficient (Wildman–Crippen LogP) is 4.16. The first-order valence-corrected chi connectivity index (χ1v) is 8.06. The van der Waals surface area contributed by atoms with Crippen molar-refractivity contribution in [1.29, 1.82) is 0 Å². The Morgan fingerprint density at radius 2 is 1.92 bits per heavy atom. The van der Waals surface area contributed by atoms with E-state index in [1.165, 1.54) is 12.1 Å². The van der Waals surface area contributed by atoms with Crippen molar-refractivity contribution in [2.45, 2.75) is 6.42 Å². The molecule has 0 spiro atoms. The van der Waals surface area contributed by atoms with E-state index in [0.717, 1.165) is 23.8 Å². The van der Waals surface area contributed by atoms with Crippen LogP contribution in [0.3, 0.4) is 0 Å². The first kappa shape index (κ1) is 17.6. The second kappa shape index (κ2) is 8.24. The molecule has 0 aliphatic heterocycles. The number of nitrogens with one attached hydrogen (secondary N) is 2. The molecule has 0 atom stereocenters. The van der Waals surface area contributed by atoms with Gasteiger partial charge in [0, 0.05) is 18.8 Å². The van der Waals surface area contributed by atoms with Crippen molar-refractivity contribution in [2.24, 2.45) is 0 Å². The van der Waals surface area contributed by atoms with Crippen LogP contribution in [0.4, 0.5) is 26.2 Å². The molecule has 3 aromatic rings. The van der Waals surface area contributed by atoms with E-state index < -0.39 is 11.6 Å². The second-order valence-electron chi connectivity index (χ2n) is 5.50. The van der Waals surface area contributed by atoms with Crippen LogP contribution in [0.1, 0.15) is 5.56 Å². The van der Waals surface area contributed by atoms with Gasteiger partial charge in [-0.2, -0.15) is 4.98 Å². The van der Waals surface area contributed by atoms with Crippen molar-refractivity contribution in [3.63, 3.8) is 0 Å². The number of hydrogen-bond acceptors (Lipinski definition) is 5. The molecule has 0 amide bonds. The maximum Gasteiger partial charge on any atom is 0.224 e. The van der Waals surface area contributed by atoms with E-state index in [1.54, 1.807) is 19.4 Å². The van der Waals surface area contributed by atoms with Gasteiger partial charge in [-0.15, -0.1) is 0 Å². The summed E-state index contributed by atoms with van der Waals surface area (Å²) in [7, 11) is 1.64. The zero-order chi connectivity index (χ0) is 18.4. The largest absolute Gasteiger partial charge is 0.496 e. The van der Waals surface area contributed by atoms with Crippen LogP contribution in [0.25, 0.3) is 0 Å². The summed E-state index contributed by atoms with van der Waals surface area (Å²) >= 11 is 0. The predicted molar refractivity (Wildman–Crippen MR) is 96.9 cm³/mol. The number of ether oxygens (including phenoxy) is 1. The molecule has 0 saturated heterocycles. The molecule has 7 heteroatoms. The Balaban J connectivity index is 1.62. The normalized spacial score (nSPS) is 10.4. The summed E-state index contributed by atoms with van der Waals surface area (Å²) in [6.45, 7) is 0.606. The highest BCUT2D eigenvalue weighted by Gasteiger charge is 2.06. The number of benzene rings is 2. The van der Waals surface area contributed by atoms with Crippen molar-refractivity contribution < 1.29 is 13.5 Å². The number of aromatic nitrogens is 2. The Labute approximate surface area is 150 Å². The lowest BCUT2D eigenvalue weighted by Gasteiger charge is -2.10. The monoisotopic (exact) mass is 356 g/mol. The van der Waals surface area contributed by atoms with Gasteiger partial charge in [-0.25, -0.2) is 13.8 Å². The Bertz CT molecular complexity index is 889. The number of hydrogen-bond donors (Lipinski definition) is 2. The highest BCUT2D eigenvalue weighted by Crippen LogP contribution is 2.20. The average molecular weight is 356 g/mol. The van der Waals surface area contributed by atoms with Gasteiger partial charge in [0.15, 0.2) is 0 Å². The fourth-order valence-electron chi connectivity index (χ4n) is 2.46. The molecule has 2 aromatic carbocycles. The highest BCUT2D eigenvalue weighted by molar-refractivity contribution is 5.57. The standard InChI is InChI=1S/C19H18F2N4O/c1-26-17-5-3-2-4-13(17)8-10-22-19-23-11-9-18(25-19)24-16-7-6-14(20)12-15(16)21/h2-7,9,11-12H,8,10H2,1H3,(H2,22,23,24,25). The number of rotatable bonds is 7. The van der Waals surface area contributed by atoms with E-state index in [4.69, 9.17) is 4.74 Å². The molecular weight excluding hydrogens is 338 g/mol. The van der Waals surface area contributed by atoms with E-state index >= 15 is 0 Å². The first-order valence-electron chi connectivity index (χ1n) is 8.06. The fraction of sp³-hybridized carbons (Fsp3) is 0.158. The van der Waals surface area contributed by atoms with Gasteiger partial charge in [0.25, 0.3) is 0 Å². The summed E-state index contributed by atoms with van der Waals surface area (Å²) in [4.78, 5) is 8.42. The van der Waals surface area contributed by atoms with Crippen molar-refractivity contribution in [1.82, 2.24) is 9.97 Å². The van der Waals surface area contributed by atoms with E-state index in [1.807, 2.05) is 24.3 Å². The van der Waals surface area contributed by atoms with Crippen LogP contribution in [0.15, 0.2) is 54.7 Å².